The quantitative estimate of drug-likeness (QED) is 0.711. The third-order valence-corrected chi connectivity index (χ3v) is 3.01. The Morgan fingerprint density at radius 3 is 2.83 bits per heavy atom. The van der Waals surface area contributed by atoms with Crippen LogP contribution in [0.2, 0.25) is 0 Å². The SMILES string of the molecule is Cn1cc(-c2cc(N)ccn2)c2ccc(F)cc21. The molecule has 0 bridgehead atoms. The molecule has 0 aliphatic heterocycles. The Morgan fingerprint density at radius 1 is 1.22 bits per heavy atom. The van der Waals surface area contributed by atoms with Gasteiger partial charge in [0.1, 0.15) is 5.82 Å². The normalized spacial score (nSPS) is 11.0. The van der Waals surface area contributed by atoms with Crippen molar-refractivity contribution < 1.29 is 4.39 Å². The lowest BCUT2D eigenvalue weighted by atomic mass is 10.1. The predicted octanol–water partition coefficient (Wildman–Crippen LogP) is 2.96. The fraction of sp³-hybridized carbons (Fsp3) is 0.0714. The minimum atomic E-state index is -0.240. The van der Waals surface area contributed by atoms with Crippen LogP contribution in [0.4, 0.5) is 10.1 Å². The van der Waals surface area contributed by atoms with Gasteiger partial charge in [-0.25, -0.2) is 4.39 Å². The third-order valence-electron chi connectivity index (χ3n) is 3.01. The number of rotatable bonds is 1. The van der Waals surface area contributed by atoms with Crippen molar-refractivity contribution in [1.29, 1.82) is 0 Å². The number of aromatic nitrogens is 2. The van der Waals surface area contributed by atoms with Crippen molar-refractivity contribution >= 4 is 16.6 Å². The monoisotopic (exact) mass is 241 g/mol. The molecule has 0 unspecified atom stereocenters. The number of nitrogen functional groups attached to an aromatic ring is 1. The van der Waals surface area contributed by atoms with Crippen LogP contribution in [-0.2, 0) is 7.05 Å². The standard InChI is InChI=1S/C14H12FN3/c1-18-8-12(13-7-10(16)4-5-17-13)11-3-2-9(15)6-14(11)18/h2-8H,1H3,(H2,16,17). The second-order valence-electron chi connectivity index (χ2n) is 4.29. The summed E-state index contributed by atoms with van der Waals surface area (Å²) in [5.74, 6) is -0.240. The maximum absolute atomic E-state index is 13.2. The molecule has 0 aliphatic carbocycles. The highest BCUT2D eigenvalue weighted by Crippen LogP contribution is 2.29. The van der Waals surface area contributed by atoms with Crippen LogP contribution in [0, 0.1) is 5.82 Å². The first-order valence-corrected chi connectivity index (χ1v) is 5.61. The van der Waals surface area contributed by atoms with Gasteiger partial charge in [0.25, 0.3) is 0 Å². The second-order valence-corrected chi connectivity index (χ2v) is 4.29. The first-order valence-electron chi connectivity index (χ1n) is 5.61. The Bertz CT molecular complexity index is 731. The van der Waals surface area contributed by atoms with Crippen molar-refractivity contribution in [3.8, 4) is 11.3 Å². The summed E-state index contributed by atoms with van der Waals surface area (Å²) in [7, 11) is 1.89. The highest BCUT2D eigenvalue weighted by atomic mass is 19.1. The molecule has 3 nitrogen and oxygen atoms in total. The van der Waals surface area contributed by atoms with Crippen LogP contribution >= 0.6 is 0 Å². The van der Waals surface area contributed by atoms with E-state index in [1.807, 2.05) is 23.9 Å². The molecule has 3 rings (SSSR count). The number of nitrogens with zero attached hydrogens (tertiary/aromatic N) is 2. The molecule has 0 radical (unpaired) electrons. The lowest BCUT2D eigenvalue weighted by molar-refractivity contribution is 0.629. The van der Waals surface area contributed by atoms with Crippen LogP contribution in [0.5, 0.6) is 0 Å². The van der Waals surface area contributed by atoms with Gasteiger partial charge in [-0.05, 0) is 30.3 Å². The summed E-state index contributed by atoms with van der Waals surface area (Å²) < 4.78 is 15.1. The number of pyridine rings is 1. The van der Waals surface area contributed by atoms with Crippen molar-refractivity contribution in [2.45, 2.75) is 0 Å². The molecule has 0 amide bonds. The Hall–Kier alpha value is -2.36. The topological polar surface area (TPSA) is 43.8 Å². The lowest BCUT2D eigenvalue weighted by Crippen LogP contribution is -1.87. The number of aryl methyl sites for hydroxylation is 1. The van der Waals surface area contributed by atoms with E-state index in [4.69, 9.17) is 5.73 Å². The Balaban J connectivity index is 2.30. The smallest absolute Gasteiger partial charge is 0.125 e. The van der Waals surface area contributed by atoms with Gasteiger partial charge >= 0.3 is 0 Å². The summed E-state index contributed by atoms with van der Waals surface area (Å²) in [5, 5.41) is 0.969. The molecule has 0 fully saturated rings. The Labute approximate surface area is 104 Å². The molecule has 0 saturated carbocycles. The third kappa shape index (κ3) is 1.62. The maximum atomic E-state index is 13.2. The zero-order valence-corrected chi connectivity index (χ0v) is 9.89. The first-order chi connectivity index (χ1) is 8.65. The van der Waals surface area contributed by atoms with Gasteiger partial charge < -0.3 is 10.3 Å². The maximum Gasteiger partial charge on any atom is 0.125 e. The van der Waals surface area contributed by atoms with E-state index in [2.05, 4.69) is 4.98 Å². The number of nitrogens with two attached hydrogens (primary N) is 1. The van der Waals surface area contributed by atoms with Crippen LogP contribution in [-0.4, -0.2) is 9.55 Å². The van der Waals surface area contributed by atoms with Gasteiger partial charge in [-0.15, -0.1) is 0 Å². The molecule has 2 N–H and O–H groups in total. The van der Waals surface area contributed by atoms with E-state index in [1.54, 1.807) is 18.3 Å². The summed E-state index contributed by atoms with van der Waals surface area (Å²) in [5.41, 5.74) is 9.03. The summed E-state index contributed by atoms with van der Waals surface area (Å²) >= 11 is 0. The fourth-order valence-electron chi connectivity index (χ4n) is 2.16. The molecule has 1 aromatic carbocycles. The Kier molecular flexibility index (Phi) is 2.30. The molecule has 0 aliphatic rings. The molecule has 2 heterocycles. The predicted molar refractivity (Wildman–Crippen MR) is 70.5 cm³/mol. The minimum absolute atomic E-state index is 0.240. The first kappa shape index (κ1) is 10.8. The van der Waals surface area contributed by atoms with Crippen LogP contribution < -0.4 is 5.73 Å². The van der Waals surface area contributed by atoms with Crippen molar-refractivity contribution in [3.05, 3.63) is 48.5 Å². The molecule has 2 aromatic heterocycles. The number of fused-ring (bicyclic) bond motifs is 1. The molecule has 4 heteroatoms. The van der Waals surface area contributed by atoms with Gasteiger partial charge in [0.15, 0.2) is 0 Å². The van der Waals surface area contributed by atoms with Crippen LogP contribution in [0.3, 0.4) is 0 Å². The molecule has 0 atom stereocenters. The van der Waals surface area contributed by atoms with Gasteiger partial charge in [-0.1, -0.05) is 0 Å². The minimum Gasteiger partial charge on any atom is -0.399 e. The Morgan fingerprint density at radius 2 is 2.06 bits per heavy atom. The van der Waals surface area contributed by atoms with E-state index < -0.39 is 0 Å². The van der Waals surface area contributed by atoms with Gasteiger partial charge in [0.2, 0.25) is 0 Å². The summed E-state index contributed by atoms with van der Waals surface area (Å²) in [4.78, 5) is 4.31. The number of benzene rings is 1. The van der Waals surface area contributed by atoms with Crippen LogP contribution in [0.25, 0.3) is 22.2 Å². The summed E-state index contributed by atoms with van der Waals surface area (Å²) in [6.07, 6.45) is 3.61. The summed E-state index contributed by atoms with van der Waals surface area (Å²) in [6.45, 7) is 0. The van der Waals surface area contributed by atoms with Gasteiger partial charge in [-0.3, -0.25) is 4.98 Å². The molecule has 0 saturated heterocycles. The lowest BCUT2D eigenvalue weighted by Gasteiger charge is -2.00. The van der Waals surface area contributed by atoms with Gasteiger partial charge in [0.05, 0.1) is 11.2 Å². The molecular weight excluding hydrogens is 229 g/mol. The van der Waals surface area contributed by atoms with E-state index in [0.717, 1.165) is 22.2 Å². The average Bonchev–Trinajstić information content (AvgIpc) is 2.67. The number of halogens is 1. The zero-order valence-electron chi connectivity index (χ0n) is 9.89. The highest BCUT2D eigenvalue weighted by Gasteiger charge is 2.10. The number of hydrogen-bond donors (Lipinski definition) is 1. The second kappa shape index (κ2) is 3.84. The number of hydrogen-bond acceptors (Lipinski definition) is 2. The van der Waals surface area contributed by atoms with E-state index in [-0.39, 0.29) is 5.82 Å². The van der Waals surface area contributed by atoms with Crippen molar-refractivity contribution in [1.82, 2.24) is 9.55 Å². The van der Waals surface area contributed by atoms with Gasteiger partial charge in [-0.2, -0.15) is 0 Å². The van der Waals surface area contributed by atoms with E-state index >= 15 is 0 Å². The largest absolute Gasteiger partial charge is 0.399 e. The van der Waals surface area contributed by atoms with E-state index in [9.17, 15) is 4.39 Å². The molecular formula is C14H12FN3. The van der Waals surface area contributed by atoms with Gasteiger partial charge in [0, 0.05) is 36.1 Å². The van der Waals surface area contributed by atoms with Crippen molar-refractivity contribution in [2.24, 2.45) is 7.05 Å². The molecule has 18 heavy (non-hydrogen) atoms. The zero-order chi connectivity index (χ0) is 12.7. The van der Waals surface area contributed by atoms with Crippen molar-refractivity contribution in [2.75, 3.05) is 5.73 Å². The summed E-state index contributed by atoms with van der Waals surface area (Å²) in [6, 6.07) is 8.31. The number of anilines is 1. The van der Waals surface area contributed by atoms with E-state index in [1.165, 1.54) is 12.1 Å². The van der Waals surface area contributed by atoms with Crippen molar-refractivity contribution in [3.63, 3.8) is 0 Å². The average molecular weight is 241 g/mol. The van der Waals surface area contributed by atoms with Crippen LogP contribution in [0.15, 0.2) is 42.7 Å². The van der Waals surface area contributed by atoms with Crippen LogP contribution in [0.1, 0.15) is 0 Å². The van der Waals surface area contributed by atoms with E-state index in [0.29, 0.717) is 5.69 Å². The molecule has 0 spiro atoms. The molecule has 3 aromatic rings. The fourth-order valence-corrected chi connectivity index (χ4v) is 2.16. The highest BCUT2D eigenvalue weighted by molar-refractivity contribution is 5.95. The molecule has 90 valence electrons.